The molecule has 0 aromatic heterocycles. The highest BCUT2D eigenvalue weighted by atomic mass is 16.2. The Balaban J connectivity index is 2.43. The van der Waals surface area contributed by atoms with Crippen LogP contribution in [0, 0.1) is 0 Å². The van der Waals surface area contributed by atoms with Gasteiger partial charge in [-0.25, -0.2) is 0 Å². The van der Waals surface area contributed by atoms with Crippen molar-refractivity contribution in [1.82, 2.24) is 10.2 Å². The van der Waals surface area contributed by atoms with E-state index in [1.807, 2.05) is 11.9 Å². The summed E-state index contributed by atoms with van der Waals surface area (Å²) in [4.78, 5) is 14.0. The Morgan fingerprint density at radius 2 is 2.27 bits per heavy atom. The van der Waals surface area contributed by atoms with Crippen LogP contribution >= 0.6 is 0 Å². The first kappa shape index (κ1) is 12.5. The van der Waals surface area contributed by atoms with E-state index in [0.717, 1.165) is 25.8 Å². The van der Waals surface area contributed by atoms with Crippen molar-refractivity contribution >= 4 is 5.91 Å². The number of nitrogens with zero attached hydrogens (tertiary/aromatic N) is 1. The Morgan fingerprint density at radius 1 is 1.53 bits per heavy atom. The van der Waals surface area contributed by atoms with Gasteiger partial charge in [-0.3, -0.25) is 4.79 Å². The predicted octanol–water partition coefficient (Wildman–Crippen LogP) is 1.78. The van der Waals surface area contributed by atoms with Gasteiger partial charge in [0.1, 0.15) is 0 Å². The number of hydrogen-bond acceptors (Lipinski definition) is 2. The summed E-state index contributed by atoms with van der Waals surface area (Å²) in [6.07, 6.45) is 5.62. The first-order chi connectivity index (χ1) is 7.16. The van der Waals surface area contributed by atoms with Gasteiger partial charge < -0.3 is 10.2 Å². The zero-order valence-electron chi connectivity index (χ0n) is 10.3. The standard InChI is InChI=1S/C12H24N2O/c1-4-7-10(2)14(3)12(15)11-8-5-6-9-13-11/h10-11,13H,4-9H2,1-3H3/t10?,11-/m1/s1. The summed E-state index contributed by atoms with van der Waals surface area (Å²) in [6, 6.07) is 0.439. The van der Waals surface area contributed by atoms with E-state index in [4.69, 9.17) is 0 Å². The van der Waals surface area contributed by atoms with Crippen LogP contribution in [0.2, 0.25) is 0 Å². The maximum Gasteiger partial charge on any atom is 0.239 e. The van der Waals surface area contributed by atoms with Crippen molar-refractivity contribution in [2.75, 3.05) is 13.6 Å². The summed E-state index contributed by atoms with van der Waals surface area (Å²) in [5, 5.41) is 3.31. The molecule has 3 nitrogen and oxygen atoms in total. The van der Waals surface area contributed by atoms with Crippen LogP contribution in [0.25, 0.3) is 0 Å². The van der Waals surface area contributed by atoms with Crippen molar-refractivity contribution in [2.45, 2.75) is 58.0 Å². The second-order valence-electron chi connectivity index (χ2n) is 4.59. The lowest BCUT2D eigenvalue weighted by Gasteiger charge is -2.31. The molecule has 0 bridgehead atoms. The SMILES string of the molecule is CCCC(C)N(C)C(=O)[C@H]1CCCCN1. The van der Waals surface area contributed by atoms with Gasteiger partial charge in [0, 0.05) is 13.1 Å². The average Bonchev–Trinajstić information content (AvgIpc) is 2.28. The molecule has 15 heavy (non-hydrogen) atoms. The van der Waals surface area contributed by atoms with Gasteiger partial charge in [0.25, 0.3) is 0 Å². The van der Waals surface area contributed by atoms with Crippen molar-refractivity contribution in [3.05, 3.63) is 0 Å². The number of piperidine rings is 1. The van der Waals surface area contributed by atoms with Crippen LogP contribution in [-0.4, -0.2) is 36.5 Å². The zero-order valence-corrected chi connectivity index (χ0v) is 10.3. The lowest BCUT2D eigenvalue weighted by molar-refractivity contribution is -0.134. The highest BCUT2D eigenvalue weighted by Crippen LogP contribution is 2.12. The third-order valence-electron chi connectivity index (χ3n) is 3.32. The van der Waals surface area contributed by atoms with Crippen molar-refractivity contribution in [2.24, 2.45) is 0 Å². The number of likely N-dealkylation sites (N-methyl/N-ethyl adjacent to an activating group) is 1. The molecule has 0 aromatic rings. The van der Waals surface area contributed by atoms with E-state index in [2.05, 4.69) is 19.2 Å². The third kappa shape index (κ3) is 3.49. The number of carbonyl (C=O) groups excluding carboxylic acids is 1. The van der Waals surface area contributed by atoms with Crippen molar-refractivity contribution < 1.29 is 4.79 Å². The van der Waals surface area contributed by atoms with E-state index >= 15 is 0 Å². The van der Waals surface area contributed by atoms with E-state index in [0.29, 0.717) is 6.04 Å². The monoisotopic (exact) mass is 212 g/mol. The van der Waals surface area contributed by atoms with Crippen LogP contribution in [0.1, 0.15) is 46.0 Å². The van der Waals surface area contributed by atoms with E-state index < -0.39 is 0 Å². The molecular formula is C12H24N2O. The van der Waals surface area contributed by atoms with E-state index in [1.165, 1.54) is 12.8 Å². The maximum atomic E-state index is 12.1. The lowest BCUT2D eigenvalue weighted by Crippen LogP contribution is -2.49. The van der Waals surface area contributed by atoms with Crippen LogP contribution in [0.5, 0.6) is 0 Å². The molecule has 1 unspecified atom stereocenters. The minimum Gasteiger partial charge on any atom is -0.342 e. The second-order valence-corrected chi connectivity index (χ2v) is 4.59. The number of amides is 1. The molecule has 1 aliphatic rings. The molecule has 1 amide bonds. The van der Waals surface area contributed by atoms with Gasteiger partial charge in [-0.1, -0.05) is 19.8 Å². The fraction of sp³-hybridized carbons (Fsp3) is 0.917. The second kappa shape index (κ2) is 6.11. The molecule has 0 aromatic carbocycles. The molecule has 2 atom stereocenters. The van der Waals surface area contributed by atoms with Crippen LogP contribution in [0.15, 0.2) is 0 Å². The normalized spacial score (nSPS) is 23.5. The number of rotatable bonds is 4. The maximum absolute atomic E-state index is 12.1. The molecule has 1 rings (SSSR count). The Morgan fingerprint density at radius 3 is 2.80 bits per heavy atom. The minimum absolute atomic E-state index is 0.0723. The number of carbonyl (C=O) groups is 1. The van der Waals surface area contributed by atoms with E-state index in [1.54, 1.807) is 0 Å². The van der Waals surface area contributed by atoms with Gasteiger partial charge in [-0.05, 0) is 32.7 Å². The Hall–Kier alpha value is -0.570. The molecule has 1 heterocycles. The summed E-state index contributed by atoms with van der Waals surface area (Å²) in [6.45, 7) is 5.28. The van der Waals surface area contributed by atoms with Gasteiger partial charge >= 0.3 is 0 Å². The fourth-order valence-corrected chi connectivity index (χ4v) is 2.14. The molecule has 0 radical (unpaired) electrons. The topological polar surface area (TPSA) is 32.3 Å². The summed E-state index contributed by atoms with van der Waals surface area (Å²) in [7, 11) is 1.93. The molecule has 0 saturated carbocycles. The highest BCUT2D eigenvalue weighted by molar-refractivity contribution is 5.82. The van der Waals surface area contributed by atoms with E-state index in [9.17, 15) is 4.79 Å². The van der Waals surface area contributed by atoms with Crippen molar-refractivity contribution in [1.29, 1.82) is 0 Å². The van der Waals surface area contributed by atoms with E-state index in [-0.39, 0.29) is 11.9 Å². The molecule has 1 N–H and O–H groups in total. The highest BCUT2D eigenvalue weighted by Gasteiger charge is 2.25. The molecule has 1 fully saturated rings. The smallest absolute Gasteiger partial charge is 0.239 e. The van der Waals surface area contributed by atoms with Crippen LogP contribution in [0.3, 0.4) is 0 Å². The number of nitrogens with one attached hydrogen (secondary N) is 1. The third-order valence-corrected chi connectivity index (χ3v) is 3.32. The molecule has 88 valence electrons. The molecule has 0 spiro atoms. The van der Waals surface area contributed by atoms with Gasteiger partial charge in [-0.15, -0.1) is 0 Å². The predicted molar refractivity (Wildman–Crippen MR) is 62.8 cm³/mol. The summed E-state index contributed by atoms with van der Waals surface area (Å²) < 4.78 is 0. The van der Waals surface area contributed by atoms with Gasteiger partial charge in [0.15, 0.2) is 0 Å². The molecule has 1 saturated heterocycles. The zero-order chi connectivity index (χ0) is 11.3. The van der Waals surface area contributed by atoms with Crippen LogP contribution in [0.4, 0.5) is 0 Å². The lowest BCUT2D eigenvalue weighted by atomic mass is 10.0. The first-order valence-corrected chi connectivity index (χ1v) is 6.17. The van der Waals surface area contributed by atoms with Gasteiger partial charge in [0.05, 0.1) is 6.04 Å². The van der Waals surface area contributed by atoms with Crippen molar-refractivity contribution in [3.8, 4) is 0 Å². The summed E-state index contributed by atoms with van der Waals surface area (Å²) >= 11 is 0. The van der Waals surface area contributed by atoms with Crippen LogP contribution < -0.4 is 5.32 Å². The van der Waals surface area contributed by atoms with Crippen molar-refractivity contribution in [3.63, 3.8) is 0 Å². The molecule has 3 heteroatoms. The first-order valence-electron chi connectivity index (χ1n) is 6.17. The Kier molecular flexibility index (Phi) is 5.09. The molecule has 0 aliphatic carbocycles. The minimum atomic E-state index is 0.0723. The summed E-state index contributed by atoms with van der Waals surface area (Å²) in [5.74, 6) is 0.274. The fourth-order valence-electron chi connectivity index (χ4n) is 2.14. The molecule has 1 aliphatic heterocycles. The van der Waals surface area contributed by atoms with Crippen LogP contribution in [-0.2, 0) is 4.79 Å². The van der Waals surface area contributed by atoms with Gasteiger partial charge in [0.2, 0.25) is 5.91 Å². The average molecular weight is 212 g/mol. The van der Waals surface area contributed by atoms with Gasteiger partial charge in [-0.2, -0.15) is 0 Å². The number of hydrogen-bond donors (Lipinski definition) is 1. The largest absolute Gasteiger partial charge is 0.342 e. The quantitative estimate of drug-likeness (QED) is 0.770. The summed E-state index contributed by atoms with van der Waals surface area (Å²) in [5.41, 5.74) is 0. The molecular weight excluding hydrogens is 188 g/mol. The Labute approximate surface area is 93.2 Å². The Bertz CT molecular complexity index is 200.